The maximum Gasteiger partial charge on any atom is 0.137 e. The fraction of sp³-hybridized carbons (Fsp3) is 0.100. The second-order valence-electron chi connectivity index (χ2n) is 3.39. The normalized spacial score (nSPS) is 11.8. The molecule has 0 spiro atoms. The summed E-state index contributed by atoms with van der Waals surface area (Å²) in [5.74, 6) is 0. The average Bonchev–Trinajstić information content (AvgIpc) is 2.84. The van der Waals surface area contributed by atoms with Crippen molar-refractivity contribution in [3.8, 4) is 0 Å². The lowest BCUT2D eigenvalue weighted by Crippen LogP contribution is -2.13. The van der Waals surface area contributed by atoms with E-state index >= 15 is 0 Å². The highest BCUT2D eigenvalue weighted by Gasteiger charge is 2.13. The predicted molar refractivity (Wildman–Crippen MR) is 69.8 cm³/mol. The zero-order valence-corrected chi connectivity index (χ0v) is 11.2. The number of nitrogens with zero attached hydrogens (tertiary/aromatic N) is 4. The van der Waals surface area contributed by atoms with Gasteiger partial charge in [-0.25, -0.2) is 9.67 Å². The summed E-state index contributed by atoms with van der Waals surface area (Å²) in [7, 11) is 0. The summed E-state index contributed by atoms with van der Waals surface area (Å²) in [5.41, 5.74) is 0.799. The molecule has 0 saturated heterocycles. The third-order valence-electron chi connectivity index (χ3n) is 2.22. The van der Waals surface area contributed by atoms with Gasteiger partial charge >= 0.3 is 0 Å². The van der Waals surface area contributed by atoms with Crippen LogP contribution < -0.4 is 0 Å². The van der Waals surface area contributed by atoms with E-state index in [2.05, 4.69) is 15.2 Å². The number of hydrogen-bond donors (Lipinski definition) is 1. The van der Waals surface area contributed by atoms with Crippen molar-refractivity contribution in [2.24, 2.45) is 5.16 Å². The lowest BCUT2D eigenvalue weighted by Gasteiger charge is -2.08. The van der Waals surface area contributed by atoms with Gasteiger partial charge in [0.05, 0.1) is 21.6 Å². The van der Waals surface area contributed by atoms with Crippen molar-refractivity contribution in [3.05, 3.63) is 45.4 Å². The highest BCUT2D eigenvalue weighted by atomic mass is 35.5. The SMILES string of the molecule is ON=C(Cn1cncn1)c1cc(Cl)c(Cl)cc1Cl. The van der Waals surface area contributed by atoms with Crippen molar-refractivity contribution in [2.45, 2.75) is 6.54 Å². The van der Waals surface area contributed by atoms with Crippen molar-refractivity contribution >= 4 is 40.5 Å². The molecule has 2 aromatic rings. The first kappa shape index (κ1) is 13.1. The van der Waals surface area contributed by atoms with Crippen LogP contribution in [-0.2, 0) is 6.54 Å². The van der Waals surface area contributed by atoms with Crippen molar-refractivity contribution in [3.63, 3.8) is 0 Å². The number of halogens is 3. The molecule has 1 N–H and O–H groups in total. The zero-order valence-electron chi connectivity index (χ0n) is 8.89. The van der Waals surface area contributed by atoms with E-state index in [9.17, 15) is 0 Å². The Hall–Kier alpha value is -1.30. The largest absolute Gasteiger partial charge is 0.411 e. The molecule has 5 nitrogen and oxygen atoms in total. The highest BCUT2D eigenvalue weighted by Crippen LogP contribution is 2.29. The number of rotatable bonds is 3. The van der Waals surface area contributed by atoms with Crippen molar-refractivity contribution in [2.75, 3.05) is 0 Å². The Kier molecular flexibility index (Phi) is 4.06. The molecule has 94 valence electrons. The summed E-state index contributed by atoms with van der Waals surface area (Å²) in [6.45, 7) is 0.216. The summed E-state index contributed by atoms with van der Waals surface area (Å²) in [5, 5.41) is 17.2. The number of oxime groups is 1. The smallest absolute Gasteiger partial charge is 0.137 e. The molecule has 1 heterocycles. The molecule has 0 aliphatic rings. The van der Waals surface area contributed by atoms with Gasteiger partial charge in [-0.2, -0.15) is 5.10 Å². The van der Waals surface area contributed by atoms with Crippen LogP contribution in [0.4, 0.5) is 0 Å². The first-order chi connectivity index (χ1) is 8.61. The Labute approximate surface area is 118 Å². The van der Waals surface area contributed by atoms with Crippen LogP contribution >= 0.6 is 34.8 Å². The van der Waals surface area contributed by atoms with Gasteiger partial charge in [-0.3, -0.25) is 0 Å². The monoisotopic (exact) mass is 304 g/mol. The lowest BCUT2D eigenvalue weighted by molar-refractivity contribution is 0.317. The van der Waals surface area contributed by atoms with E-state index in [4.69, 9.17) is 40.0 Å². The minimum absolute atomic E-state index is 0.216. The maximum atomic E-state index is 9.05. The van der Waals surface area contributed by atoms with E-state index in [1.807, 2.05) is 0 Å². The molecule has 18 heavy (non-hydrogen) atoms. The maximum absolute atomic E-state index is 9.05. The Morgan fingerprint density at radius 2 is 1.94 bits per heavy atom. The first-order valence-electron chi connectivity index (χ1n) is 4.80. The second-order valence-corrected chi connectivity index (χ2v) is 4.61. The zero-order chi connectivity index (χ0) is 13.1. The summed E-state index contributed by atoms with van der Waals surface area (Å²) in [6.07, 6.45) is 2.88. The topological polar surface area (TPSA) is 63.3 Å². The lowest BCUT2D eigenvalue weighted by atomic mass is 10.1. The molecule has 0 unspecified atom stereocenters. The number of hydrogen-bond acceptors (Lipinski definition) is 4. The Morgan fingerprint density at radius 3 is 2.56 bits per heavy atom. The van der Waals surface area contributed by atoms with Gasteiger partial charge < -0.3 is 5.21 Å². The van der Waals surface area contributed by atoms with Crippen LogP contribution in [0.2, 0.25) is 15.1 Å². The molecule has 8 heteroatoms. The molecule has 0 bridgehead atoms. The minimum Gasteiger partial charge on any atom is -0.411 e. The molecule has 0 aliphatic heterocycles. The van der Waals surface area contributed by atoms with Gasteiger partial charge in [0, 0.05) is 5.56 Å². The van der Waals surface area contributed by atoms with Gasteiger partial charge in [-0.05, 0) is 12.1 Å². The Morgan fingerprint density at radius 1 is 1.22 bits per heavy atom. The number of aromatic nitrogens is 3. The number of benzene rings is 1. The van der Waals surface area contributed by atoms with E-state index < -0.39 is 0 Å². The van der Waals surface area contributed by atoms with Gasteiger partial charge in [0.15, 0.2) is 0 Å². The van der Waals surface area contributed by atoms with Crippen LogP contribution in [-0.4, -0.2) is 25.7 Å². The summed E-state index contributed by atoms with van der Waals surface area (Å²) >= 11 is 17.8. The van der Waals surface area contributed by atoms with Crippen LogP contribution in [0.1, 0.15) is 5.56 Å². The van der Waals surface area contributed by atoms with Crippen LogP contribution in [0.3, 0.4) is 0 Å². The second kappa shape index (κ2) is 5.56. The van der Waals surface area contributed by atoms with Crippen molar-refractivity contribution in [1.29, 1.82) is 0 Å². The van der Waals surface area contributed by atoms with Gasteiger partial charge in [0.2, 0.25) is 0 Å². The molecule has 2 rings (SSSR count). The van der Waals surface area contributed by atoms with Crippen molar-refractivity contribution in [1.82, 2.24) is 14.8 Å². The third-order valence-corrected chi connectivity index (χ3v) is 3.25. The molecule has 0 saturated carbocycles. The van der Waals surface area contributed by atoms with Gasteiger partial charge in [-0.15, -0.1) is 0 Å². The van der Waals surface area contributed by atoms with E-state index in [1.165, 1.54) is 29.5 Å². The summed E-state index contributed by atoms with van der Waals surface area (Å²) in [6, 6.07) is 3.03. The fourth-order valence-electron chi connectivity index (χ4n) is 1.38. The van der Waals surface area contributed by atoms with E-state index in [0.29, 0.717) is 26.3 Å². The molecular formula is C10H7Cl3N4O. The van der Waals surface area contributed by atoms with Gasteiger partial charge in [0.25, 0.3) is 0 Å². The molecule has 0 radical (unpaired) electrons. The van der Waals surface area contributed by atoms with E-state index in [1.54, 1.807) is 0 Å². The highest BCUT2D eigenvalue weighted by molar-refractivity contribution is 6.44. The fourth-order valence-corrected chi connectivity index (χ4v) is 2.04. The molecular weight excluding hydrogens is 298 g/mol. The van der Waals surface area contributed by atoms with E-state index in [-0.39, 0.29) is 6.54 Å². The molecule has 1 aromatic carbocycles. The summed E-state index contributed by atoms with van der Waals surface area (Å²) < 4.78 is 1.49. The van der Waals surface area contributed by atoms with Gasteiger partial charge in [0.1, 0.15) is 18.4 Å². The van der Waals surface area contributed by atoms with Crippen LogP contribution in [0.5, 0.6) is 0 Å². The van der Waals surface area contributed by atoms with Crippen molar-refractivity contribution < 1.29 is 5.21 Å². The molecule has 0 atom stereocenters. The molecule has 0 fully saturated rings. The third kappa shape index (κ3) is 2.75. The Balaban J connectivity index is 2.37. The van der Waals surface area contributed by atoms with E-state index in [0.717, 1.165) is 0 Å². The molecule has 0 aliphatic carbocycles. The molecule has 1 aromatic heterocycles. The van der Waals surface area contributed by atoms with Gasteiger partial charge in [-0.1, -0.05) is 40.0 Å². The van der Waals surface area contributed by atoms with Crippen LogP contribution in [0.25, 0.3) is 0 Å². The quantitative estimate of drug-likeness (QED) is 0.410. The Bertz CT molecular complexity index is 583. The standard InChI is InChI=1S/C10H7Cl3N4O/c11-7-2-9(13)8(12)1-6(7)10(16-18)3-17-5-14-4-15-17/h1-2,4-5,18H,3H2. The summed E-state index contributed by atoms with van der Waals surface area (Å²) in [4.78, 5) is 3.79. The molecule has 0 amide bonds. The van der Waals surface area contributed by atoms with Crippen LogP contribution in [0.15, 0.2) is 29.9 Å². The minimum atomic E-state index is 0.216. The first-order valence-corrected chi connectivity index (χ1v) is 5.93. The van der Waals surface area contributed by atoms with Crippen LogP contribution in [0, 0.1) is 0 Å². The average molecular weight is 306 g/mol. The predicted octanol–water partition coefficient (Wildman–Crippen LogP) is 3.12.